The van der Waals surface area contributed by atoms with Crippen molar-refractivity contribution in [3.8, 4) is 5.75 Å². The average molecular weight is 339 g/mol. The van der Waals surface area contributed by atoms with E-state index in [4.69, 9.17) is 16.3 Å². The Hall–Kier alpha value is -1.97. The molecule has 3 aliphatic rings. The van der Waals surface area contributed by atoms with Crippen LogP contribution in [0.15, 0.2) is 54.6 Å². The molecule has 5 rings (SSSR count). The van der Waals surface area contributed by atoms with Gasteiger partial charge in [0, 0.05) is 23.4 Å². The first-order valence-corrected chi connectivity index (χ1v) is 8.95. The van der Waals surface area contributed by atoms with Crippen molar-refractivity contribution in [2.75, 3.05) is 0 Å². The maximum Gasteiger partial charge on any atom is 0.180 e. The summed E-state index contributed by atoms with van der Waals surface area (Å²) in [6.07, 6.45) is 6.86. The van der Waals surface area contributed by atoms with Crippen LogP contribution in [0, 0.1) is 0 Å². The number of hydrazine groups is 1. The molecule has 24 heavy (non-hydrogen) atoms. The summed E-state index contributed by atoms with van der Waals surface area (Å²) in [7, 11) is 0. The normalized spacial score (nSPS) is 24.0. The van der Waals surface area contributed by atoms with Crippen molar-refractivity contribution < 1.29 is 4.74 Å². The number of ether oxygens (including phenoxy) is 1. The van der Waals surface area contributed by atoms with Crippen molar-refractivity contribution in [2.45, 2.75) is 37.5 Å². The highest BCUT2D eigenvalue weighted by Crippen LogP contribution is 2.50. The van der Waals surface area contributed by atoms with Gasteiger partial charge >= 0.3 is 0 Å². The van der Waals surface area contributed by atoms with Gasteiger partial charge in [-0.05, 0) is 42.7 Å². The summed E-state index contributed by atoms with van der Waals surface area (Å²) < 4.78 is 6.51. The van der Waals surface area contributed by atoms with Gasteiger partial charge in [-0.2, -0.15) is 5.01 Å². The summed E-state index contributed by atoms with van der Waals surface area (Å²) in [6.45, 7) is 0. The molecule has 1 atom stereocenters. The average Bonchev–Trinajstić information content (AvgIpc) is 3.24. The molecule has 0 unspecified atom stereocenters. The molecule has 0 amide bonds. The van der Waals surface area contributed by atoms with Crippen LogP contribution in [0.25, 0.3) is 5.70 Å². The molecule has 1 fully saturated rings. The number of benzene rings is 2. The second kappa shape index (κ2) is 5.27. The van der Waals surface area contributed by atoms with E-state index in [2.05, 4.69) is 52.9 Å². The first-order chi connectivity index (χ1) is 11.8. The van der Waals surface area contributed by atoms with Gasteiger partial charge in [0.25, 0.3) is 0 Å². The quantitative estimate of drug-likeness (QED) is 0.800. The Morgan fingerprint density at radius 3 is 2.58 bits per heavy atom. The lowest BCUT2D eigenvalue weighted by molar-refractivity contribution is -0.125. The van der Waals surface area contributed by atoms with Crippen LogP contribution in [0.5, 0.6) is 5.75 Å². The Labute approximate surface area is 146 Å². The third-order valence-corrected chi connectivity index (χ3v) is 5.61. The van der Waals surface area contributed by atoms with Crippen LogP contribution in [0.4, 0.5) is 0 Å². The monoisotopic (exact) mass is 338 g/mol. The van der Waals surface area contributed by atoms with Crippen LogP contribution in [0.1, 0.15) is 42.9 Å². The zero-order valence-corrected chi connectivity index (χ0v) is 14.1. The zero-order chi connectivity index (χ0) is 16.1. The smallest absolute Gasteiger partial charge is 0.180 e. The zero-order valence-electron chi connectivity index (χ0n) is 13.3. The summed E-state index contributed by atoms with van der Waals surface area (Å²) in [5.41, 5.74) is 6.90. The number of rotatable bonds is 1. The predicted molar refractivity (Wildman–Crippen MR) is 95.4 cm³/mol. The maximum atomic E-state index is 6.51. The van der Waals surface area contributed by atoms with Gasteiger partial charge in [-0.25, -0.2) is 0 Å². The van der Waals surface area contributed by atoms with Gasteiger partial charge in [0.05, 0.1) is 11.7 Å². The van der Waals surface area contributed by atoms with Gasteiger partial charge < -0.3 is 10.2 Å². The molecule has 1 spiro atoms. The molecule has 0 saturated heterocycles. The van der Waals surface area contributed by atoms with Crippen molar-refractivity contribution in [1.29, 1.82) is 0 Å². The van der Waals surface area contributed by atoms with Gasteiger partial charge in [-0.3, -0.25) is 0 Å². The Bertz CT molecular complexity index is 809. The molecule has 122 valence electrons. The Morgan fingerprint density at radius 2 is 1.79 bits per heavy atom. The molecule has 1 N–H and O–H groups in total. The number of hydrogen-bond acceptors (Lipinski definition) is 3. The highest BCUT2D eigenvalue weighted by Gasteiger charge is 2.51. The molecule has 3 nitrogen and oxygen atoms in total. The minimum absolute atomic E-state index is 0.207. The van der Waals surface area contributed by atoms with Crippen LogP contribution in [0.2, 0.25) is 5.02 Å². The fourth-order valence-electron chi connectivity index (χ4n) is 4.19. The van der Waals surface area contributed by atoms with E-state index >= 15 is 0 Å². The van der Waals surface area contributed by atoms with E-state index in [0.717, 1.165) is 34.9 Å². The number of nitrogens with one attached hydrogen (secondary N) is 1. The summed E-state index contributed by atoms with van der Waals surface area (Å²) in [6, 6.07) is 16.6. The van der Waals surface area contributed by atoms with E-state index in [9.17, 15) is 0 Å². The van der Waals surface area contributed by atoms with Crippen LogP contribution in [-0.2, 0) is 0 Å². The molecule has 4 heteroatoms. The SMILES string of the molecule is Clc1ccc(C2=C[C@H]3c4ccccc4OC4(CCCC4)N3N2)cc1. The van der Waals surface area contributed by atoms with E-state index in [1.165, 1.54) is 18.4 Å². The first kappa shape index (κ1) is 14.4. The Morgan fingerprint density at radius 1 is 1.04 bits per heavy atom. The number of halogens is 1. The van der Waals surface area contributed by atoms with Crippen LogP contribution in [0.3, 0.4) is 0 Å². The molecular formula is C20H19ClN2O. The number of hydrogen-bond donors (Lipinski definition) is 1. The molecule has 2 aromatic carbocycles. The number of nitrogens with zero attached hydrogens (tertiary/aromatic N) is 1. The fraction of sp³-hybridized carbons (Fsp3) is 0.300. The lowest BCUT2D eigenvalue weighted by Crippen LogP contribution is -2.58. The van der Waals surface area contributed by atoms with Crippen LogP contribution in [-0.4, -0.2) is 10.7 Å². The lowest BCUT2D eigenvalue weighted by Gasteiger charge is -2.46. The largest absolute Gasteiger partial charge is 0.471 e. The van der Waals surface area contributed by atoms with Crippen LogP contribution < -0.4 is 10.2 Å². The van der Waals surface area contributed by atoms with Gasteiger partial charge in [0.2, 0.25) is 0 Å². The molecule has 0 bridgehead atoms. The van der Waals surface area contributed by atoms with E-state index < -0.39 is 0 Å². The van der Waals surface area contributed by atoms with Crippen molar-refractivity contribution in [3.63, 3.8) is 0 Å². The molecule has 0 radical (unpaired) electrons. The van der Waals surface area contributed by atoms with Gasteiger partial charge in [-0.15, -0.1) is 0 Å². The minimum Gasteiger partial charge on any atom is -0.471 e. The van der Waals surface area contributed by atoms with Crippen molar-refractivity contribution in [2.24, 2.45) is 0 Å². The topological polar surface area (TPSA) is 24.5 Å². The van der Waals surface area contributed by atoms with E-state index in [-0.39, 0.29) is 11.8 Å². The molecular weight excluding hydrogens is 320 g/mol. The summed E-state index contributed by atoms with van der Waals surface area (Å²) in [4.78, 5) is 0. The second-order valence-corrected chi connectivity index (χ2v) is 7.24. The first-order valence-electron chi connectivity index (χ1n) is 8.57. The van der Waals surface area contributed by atoms with Gasteiger partial charge in [-0.1, -0.05) is 41.9 Å². The summed E-state index contributed by atoms with van der Waals surface area (Å²) >= 11 is 6.04. The van der Waals surface area contributed by atoms with E-state index in [1.807, 2.05) is 12.1 Å². The second-order valence-electron chi connectivity index (χ2n) is 6.81. The lowest BCUT2D eigenvalue weighted by atomic mass is 9.98. The van der Waals surface area contributed by atoms with Crippen LogP contribution >= 0.6 is 11.6 Å². The van der Waals surface area contributed by atoms with Gasteiger partial charge in [0.1, 0.15) is 5.75 Å². The number of para-hydroxylation sites is 1. The molecule has 2 aliphatic heterocycles. The summed E-state index contributed by atoms with van der Waals surface area (Å²) in [5, 5.41) is 3.09. The molecule has 2 heterocycles. The Balaban J connectivity index is 1.59. The molecule has 1 aliphatic carbocycles. The highest BCUT2D eigenvalue weighted by molar-refractivity contribution is 6.30. The maximum absolute atomic E-state index is 6.51. The van der Waals surface area contributed by atoms with E-state index in [0.29, 0.717) is 0 Å². The predicted octanol–water partition coefficient (Wildman–Crippen LogP) is 4.91. The van der Waals surface area contributed by atoms with Crippen molar-refractivity contribution in [3.05, 3.63) is 70.8 Å². The van der Waals surface area contributed by atoms with Gasteiger partial charge in [0.15, 0.2) is 5.72 Å². The third-order valence-electron chi connectivity index (χ3n) is 5.36. The van der Waals surface area contributed by atoms with Crippen molar-refractivity contribution in [1.82, 2.24) is 10.4 Å². The van der Waals surface area contributed by atoms with E-state index in [1.54, 1.807) is 0 Å². The molecule has 2 aromatic rings. The standard InChI is InChI=1S/C20H19ClN2O/c21-15-9-7-14(8-10-15)17-13-18-16-5-1-2-6-19(16)24-20(23(18)22-17)11-3-4-12-20/h1-2,5-10,13,18,22H,3-4,11-12H2/t18-/m0/s1. The molecule has 0 aromatic heterocycles. The number of fused-ring (bicyclic) bond motifs is 4. The highest BCUT2D eigenvalue weighted by atomic mass is 35.5. The van der Waals surface area contributed by atoms with Crippen molar-refractivity contribution >= 4 is 17.3 Å². The Kier molecular flexibility index (Phi) is 3.15. The third kappa shape index (κ3) is 2.08. The fourth-order valence-corrected chi connectivity index (χ4v) is 4.31. The minimum atomic E-state index is -0.232. The molecule has 1 saturated carbocycles. The summed E-state index contributed by atoms with van der Waals surface area (Å²) in [5.74, 6) is 1.02.